The van der Waals surface area contributed by atoms with Crippen LogP contribution in [-0.4, -0.2) is 44.2 Å². The second-order valence-corrected chi connectivity index (χ2v) is 4.21. The largest absolute Gasteiger partial charge is 0.391 e. The van der Waals surface area contributed by atoms with Crippen molar-refractivity contribution in [2.24, 2.45) is 0 Å². The van der Waals surface area contributed by atoms with Crippen LogP contribution >= 0.6 is 0 Å². The molecule has 2 rings (SSSR count). The molecule has 7 nitrogen and oxygen atoms in total. The number of hydrogen-bond acceptors (Lipinski definition) is 6. The van der Waals surface area contributed by atoms with E-state index in [2.05, 4.69) is 4.98 Å². The molecule has 1 aliphatic rings. The highest BCUT2D eigenvalue weighted by molar-refractivity contribution is 5.23. The summed E-state index contributed by atoms with van der Waals surface area (Å²) in [7, 11) is 0. The van der Waals surface area contributed by atoms with E-state index < -0.39 is 36.4 Å². The van der Waals surface area contributed by atoms with Gasteiger partial charge in [-0.25, -0.2) is 9.18 Å². The van der Waals surface area contributed by atoms with Crippen molar-refractivity contribution >= 4 is 5.82 Å². The van der Waals surface area contributed by atoms with Crippen LogP contribution < -0.4 is 11.4 Å². The zero-order chi connectivity index (χ0) is 13.4. The van der Waals surface area contributed by atoms with Crippen molar-refractivity contribution in [3.8, 4) is 0 Å². The maximum absolute atomic E-state index is 13.9. The molecule has 0 unspecified atom stereocenters. The molecule has 0 spiro atoms. The number of nitrogens with zero attached hydrogens (tertiary/aromatic N) is 2. The topological polar surface area (TPSA) is 111 Å². The van der Waals surface area contributed by atoms with Crippen molar-refractivity contribution in [1.82, 2.24) is 9.55 Å². The zero-order valence-corrected chi connectivity index (χ0v) is 9.60. The van der Waals surface area contributed by atoms with E-state index in [9.17, 15) is 19.4 Å². The van der Waals surface area contributed by atoms with E-state index in [1.165, 1.54) is 19.2 Å². The number of aromatic nitrogens is 2. The van der Waals surface area contributed by atoms with Gasteiger partial charge in [0.25, 0.3) is 0 Å². The van der Waals surface area contributed by atoms with Crippen molar-refractivity contribution in [1.29, 1.82) is 0 Å². The predicted octanol–water partition coefficient (Wildman–Crippen LogP) is -1.20. The molecule has 1 aromatic heterocycles. The van der Waals surface area contributed by atoms with E-state index in [1.54, 1.807) is 0 Å². The minimum absolute atomic E-state index is 0.0114. The summed E-state index contributed by atoms with van der Waals surface area (Å²) in [5.41, 5.74) is 4.54. The van der Waals surface area contributed by atoms with Gasteiger partial charge in [-0.15, -0.1) is 0 Å². The average molecular weight is 259 g/mol. The van der Waals surface area contributed by atoms with E-state index in [0.717, 1.165) is 4.57 Å². The van der Waals surface area contributed by atoms with Crippen molar-refractivity contribution < 1.29 is 19.3 Å². The van der Waals surface area contributed by atoms with Gasteiger partial charge in [0.2, 0.25) is 0 Å². The smallest absolute Gasteiger partial charge is 0.351 e. The third-order valence-corrected chi connectivity index (χ3v) is 2.83. The number of nitrogens with two attached hydrogens (primary N) is 1. The first kappa shape index (κ1) is 12.9. The first-order valence-electron chi connectivity index (χ1n) is 5.42. The quantitative estimate of drug-likeness (QED) is 0.615. The standard InChI is InChI=1S/C10H14FN3O4/c1-4(15)8-7(16)6(11)9(18-8)14-3-2-5(12)13-10(14)17/h2-4,6-9,15-16H,1H3,(H2,12,13,17)/t4-,6-,7+,8-,9-/m1/s1. The number of aliphatic hydroxyl groups is 2. The molecule has 0 aliphatic carbocycles. The van der Waals surface area contributed by atoms with Gasteiger partial charge in [0.1, 0.15) is 18.0 Å². The summed E-state index contributed by atoms with van der Waals surface area (Å²) in [5.74, 6) is 0.0114. The molecule has 2 heterocycles. The Bertz CT molecular complexity index is 492. The Morgan fingerprint density at radius 2 is 2.33 bits per heavy atom. The number of alkyl halides is 1. The third kappa shape index (κ3) is 2.09. The SMILES string of the molecule is C[C@@H](O)[C@H]1O[C@@H](n2ccc(N)nc2=O)[C@H](F)[C@@H]1O. The van der Waals surface area contributed by atoms with Gasteiger partial charge in [0.05, 0.1) is 6.10 Å². The molecule has 4 N–H and O–H groups in total. The Balaban J connectivity index is 2.32. The Kier molecular flexibility index (Phi) is 3.33. The molecule has 0 bridgehead atoms. The molecule has 100 valence electrons. The Morgan fingerprint density at radius 1 is 1.67 bits per heavy atom. The predicted molar refractivity (Wildman–Crippen MR) is 59.4 cm³/mol. The van der Waals surface area contributed by atoms with Crippen LogP contribution in [0.3, 0.4) is 0 Å². The van der Waals surface area contributed by atoms with Crippen LogP contribution in [0.15, 0.2) is 17.1 Å². The van der Waals surface area contributed by atoms with Gasteiger partial charge in [0.15, 0.2) is 12.4 Å². The fraction of sp³-hybridized carbons (Fsp3) is 0.600. The summed E-state index contributed by atoms with van der Waals surface area (Å²) >= 11 is 0. The number of rotatable bonds is 2. The average Bonchev–Trinajstić information content (AvgIpc) is 2.57. The van der Waals surface area contributed by atoms with Crippen LogP contribution in [0.25, 0.3) is 0 Å². The fourth-order valence-electron chi connectivity index (χ4n) is 1.90. The van der Waals surface area contributed by atoms with Gasteiger partial charge in [-0.2, -0.15) is 4.98 Å². The van der Waals surface area contributed by atoms with Crippen LogP contribution in [0.2, 0.25) is 0 Å². The van der Waals surface area contributed by atoms with Crippen molar-refractivity contribution in [3.63, 3.8) is 0 Å². The molecule has 5 atom stereocenters. The highest BCUT2D eigenvalue weighted by Crippen LogP contribution is 2.32. The fourth-order valence-corrected chi connectivity index (χ4v) is 1.90. The van der Waals surface area contributed by atoms with E-state index >= 15 is 0 Å². The number of halogens is 1. The van der Waals surface area contributed by atoms with Gasteiger partial charge in [-0.1, -0.05) is 0 Å². The second kappa shape index (κ2) is 4.63. The lowest BCUT2D eigenvalue weighted by Gasteiger charge is -2.17. The van der Waals surface area contributed by atoms with Crippen LogP contribution in [0.1, 0.15) is 13.2 Å². The van der Waals surface area contributed by atoms with E-state index in [-0.39, 0.29) is 5.82 Å². The molecular formula is C10H14FN3O4. The number of nitrogen functional groups attached to an aromatic ring is 1. The van der Waals surface area contributed by atoms with Crippen molar-refractivity contribution in [2.45, 2.75) is 37.6 Å². The summed E-state index contributed by atoms with van der Waals surface area (Å²) in [6.07, 6.45) is -5.55. The van der Waals surface area contributed by atoms with Gasteiger partial charge >= 0.3 is 5.69 Å². The summed E-state index contributed by atoms with van der Waals surface area (Å²) in [4.78, 5) is 15.0. The van der Waals surface area contributed by atoms with Crippen LogP contribution in [0.4, 0.5) is 10.2 Å². The molecule has 1 aromatic rings. The molecule has 0 saturated carbocycles. The number of hydrogen-bond donors (Lipinski definition) is 3. The summed E-state index contributed by atoms with van der Waals surface area (Å²) in [6.45, 7) is 1.37. The molecule has 18 heavy (non-hydrogen) atoms. The molecular weight excluding hydrogens is 245 g/mol. The number of aliphatic hydroxyl groups excluding tert-OH is 2. The minimum Gasteiger partial charge on any atom is -0.391 e. The molecule has 1 saturated heterocycles. The first-order valence-corrected chi connectivity index (χ1v) is 5.42. The summed E-state index contributed by atoms with van der Waals surface area (Å²) < 4.78 is 19.9. The molecule has 1 fully saturated rings. The second-order valence-electron chi connectivity index (χ2n) is 4.21. The van der Waals surface area contributed by atoms with Gasteiger partial charge in [-0.05, 0) is 13.0 Å². The normalized spacial score (nSPS) is 33.6. The lowest BCUT2D eigenvalue weighted by atomic mass is 10.1. The number of ether oxygens (including phenoxy) is 1. The van der Waals surface area contributed by atoms with Crippen LogP contribution in [0.5, 0.6) is 0 Å². The number of anilines is 1. The van der Waals surface area contributed by atoms with Crippen molar-refractivity contribution in [3.05, 3.63) is 22.7 Å². The monoisotopic (exact) mass is 259 g/mol. The van der Waals surface area contributed by atoms with Gasteiger partial charge in [-0.3, -0.25) is 4.57 Å². The van der Waals surface area contributed by atoms with Crippen LogP contribution in [-0.2, 0) is 4.74 Å². The molecule has 0 aromatic carbocycles. The summed E-state index contributed by atoms with van der Waals surface area (Å²) in [6, 6.07) is 1.32. The zero-order valence-electron chi connectivity index (χ0n) is 9.60. The van der Waals surface area contributed by atoms with Crippen molar-refractivity contribution in [2.75, 3.05) is 5.73 Å². The third-order valence-electron chi connectivity index (χ3n) is 2.83. The Morgan fingerprint density at radius 3 is 2.83 bits per heavy atom. The highest BCUT2D eigenvalue weighted by atomic mass is 19.1. The van der Waals surface area contributed by atoms with Gasteiger partial charge < -0.3 is 20.7 Å². The van der Waals surface area contributed by atoms with E-state index in [4.69, 9.17) is 10.5 Å². The van der Waals surface area contributed by atoms with Gasteiger partial charge in [0, 0.05) is 6.20 Å². The minimum atomic E-state index is -1.83. The maximum atomic E-state index is 13.9. The first-order chi connectivity index (χ1) is 8.41. The molecule has 0 radical (unpaired) electrons. The lowest BCUT2D eigenvalue weighted by molar-refractivity contribution is -0.0783. The Labute approximate surface area is 102 Å². The molecule has 1 aliphatic heterocycles. The maximum Gasteiger partial charge on any atom is 0.351 e. The molecule has 0 amide bonds. The highest BCUT2D eigenvalue weighted by Gasteiger charge is 2.47. The Hall–Kier alpha value is -1.51. The van der Waals surface area contributed by atoms with Crippen LogP contribution in [0, 0.1) is 0 Å². The summed E-state index contributed by atoms with van der Waals surface area (Å²) in [5, 5.41) is 18.9. The van der Waals surface area contributed by atoms with E-state index in [1.807, 2.05) is 0 Å². The van der Waals surface area contributed by atoms with E-state index in [0.29, 0.717) is 0 Å². The lowest BCUT2D eigenvalue weighted by Crippen LogP contribution is -2.36. The molecule has 8 heteroatoms.